The van der Waals surface area contributed by atoms with Crippen molar-refractivity contribution >= 4 is 39.5 Å². The molecule has 9 nitrogen and oxygen atoms in total. The molecule has 4 rings (SSSR count). The molecule has 1 amide bonds. The maximum absolute atomic E-state index is 11.1. The summed E-state index contributed by atoms with van der Waals surface area (Å²) in [5.41, 5.74) is 7.46. The van der Waals surface area contributed by atoms with Crippen molar-refractivity contribution in [3.05, 3.63) is 24.5 Å². The molecule has 3 aromatic heterocycles. The van der Waals surface area contributed by atoms with Gasteiger partial charge in [0.05, 0.1) is 0 Å². The van der Waals surface area contributed by atoms with Gasteiger partial charge >= 0.3 is 6.09 Å². The van der Waals surface area contributed by atoms with Crippen LogP contribution in [-0.4, -0.2) is 62.2 Å². The highest BCUT2D eigenvalue weighted by atomic mass is 32.1. The summed E-state index contributed by atoms with van der Waals surface area (Å²) in [6.45, 7) is 1.91. The molecular weight excluding hydrogens is 342 g/mol. The molecule has 3 N–H and O–H groups in total. The summed E-state index contributed by atoms with van der Waals surface area (Å²) >= 11 is 1.43. The van der Waals surface area contributed by atoms with Crippen LogP contribution < -0.4 is 10.6 Å². The van der Waals surface area contributed by atoms with E-state index in [9.17, 15) is 4.79 Å². The highest BCUT2D eigenvalue weighted by Gasteiger charge is 2.24. The summed E-state index contributed by atoms with van der Waals surface area (Å²) in [5, 5.41) is 9.88. The SMILES string of the molecule is Nc1nc(N2CCN(C(=O)O)CC2)c2nc(-c3cccnc3)sc2n1. The predicted molar refractivity (Wildman–Crippen MR) is 94.7 cm³/mol. The van der Waals surface area contributed by atoms with E-state index in [2.05, 4.69) is 19.9 Å². The molecule has 0 bridgehead atoms. The lowest BCUT2D eigenvalue weighted by Crippen LogP contribution is -2.48. The van der Waals surface area contributed by atoms with Crippen LogP contribution in [-0.2, 0) is 0 Å². The first-order chi connectivity index (χ1) is 12.1. The number of hydrogen-bond donors (Lipinski definition) is 2. The van der Waals surface area contributed by atoms with Crippen molar-refractivity contribution in [1.29, 1.82) is 0 Å². The van der Waals surface area contributed by atoms with E-state index in [1.807, 2.05) is 17.0 Å². The van der Waals surface area contributed by atoms with Gasteiger partial charge in [0.2, 0.25) is 5.95 Å². The molecule has 4 heterocycles. The van der Waals surface area contributed by atoms with Crippen molar-refractivity contribution in [3.8, 4) is 10.6 Å². The van der Waals surface area contributed by atoms with Gasteiger partial charge in [-0.05, 0) is 12.1 Å². The van der Waals surface area contributed by atoms with E-state index >= 15 is 0 Å². The third-order valence-electron chi connectivity index (χ3n) is 4.02. The number of pyridine rings is 1. The van der Waals surface area contributed by atoms with Crippen LogP contribution in [0.15, 0.2) is 24.5 Å². The van der Waals surface area contributed by atoms with Gasteiger partial charge in [-0.1, -0.05) is 11.3 Å². The van der Waals surface area contributed by atoms with Crippen LogP contribution in [0.4, 0.5) is 16.6 Å². The van der Waals surface area contributed by atoms with Gasteiger partial charge in [-0.15, -0.1) is 0 Å². The van der Waals surface area contributed by atoms with Gasteiger partial charge in [-0.3, -0.25) is 4.98 Å². The van der Waals surface area contributed by atoms with E-state index in [-0.39, 0.29) is 5.95 Å². The Kier molecular flexibility index (Phi) is 3.80. The molecule has 128 valence electrons. The number of rotatable bonds is 2. The molecule has 1 saturated heterocycles. The lowest BCUT2D eigenvalue weighted by Gasteiger charge is -2.33. The Morgan fingerprint density at radius 2 is 2.00 bits per heavy atom. The molecular formula is C15H15N7O2S. The molecule has 0 aromatic carbocycles. The first-order valence-corrected chi connectivity index (χ1v) is 8.51. The summed E-state index contributed by atoms with van der Waals surface area (Å²) in [6.07, 6.45) is 2.56. The van der Waals surface area contributed by atoms with Crippen LogP contribution in [0.1, 0.15) is 0 Å². The first kappa shape index (κ1) is 15.5. The molecule has 0 unspecified atom stereocenters. The van der Waals surface area contributed by atoms with Crippen LogP contribution in [0.5, 0.6) is 0 Å². The molecule has 0 saturated carbocycles. The van der Waals surface area contributed by atoms with Crippen molar-refractivity contribution in [2.24, 2.45) is 0 Å². The van der Waals surface area contributed by atoms with Gasteiger partial charge in [0, 0.05) is 44.1 Å². The molecule has 10 heteroatoms. The number of anilines is 2. The Balaban J connectivity index is 1.72. The smallest absolute Gasteiger partial charge is 0.407 e. The molecule has 0 aliphatic carbocycles. The van der Waals surface area contributed by atoms with Crippen molar-refractivity contribution < 1.29 is 9.90 Å². The Hall–Kier alpha value is -3.01. The molecule has 0 atom stereocenters. The second kappa shape index (κ2) is 6.13. The summed E-state index contributed by atoms with van der Waals surface area (Å²) in [7, 11) is 0. The number of amides is 1. The monoisotopic (exact) mass is 357 g/mol. The maximum atomic E-state index is 11.1. The van der Waals surface area contributed by atoms with Crippen LogP contribution in [0.2, 0.25) is 0 Å². The van der Waals surface area contributed by atoms with Gasteiger partial charge in [0.25, 0.3) is 0 Å². The van der Waals surface area contributed by atoms with E-state index in [1.165, 1.54) is 16.2 Å². The zero-order valence-corrected chi connectivity index (χ0v) is 14.0. The van der Waals surface area contributed by atoms with Crippen LogP contribution >= 0.6 is 11.3 Å². The topological polar surface area (TPSA) is 121 Å². The third kappa shape index (κ3) is 2.91. The normalized spacial score (nSPS) is 14.9. The van der Waals surface area contributed by atoms with Gasteiger partial charge < -0.3 is 20.6 Å². The highest BCUT2D eigenvalue weighted by Crippen LogP contribution is 2.33. The zero-order chi connectivity index (χ0) is 17.4. The number of nitrogens with zero attached hydrogens (tertiary/aromatic N) is 6. The molecule has 0 spiro atoms. The number of piperazine rings is 1. The van der Waals surface area contributed by atoms with Gasteiger partial charge in [-0.25, -0.2) is 14.8 Å². The lowest BCUT2D eigenvalue weighted by atomic mass is 10.3. The standard InChI is InChI=1S/C15H15N7O2S/c16-14-19-11(21-4-6-22(7-5-21)15(23)24)10-13(20-14)25-12(18-10)9-2-1-3-17-8-9/h1-3,8H,4-7H2,(H,23,24)(H2,16,19,20). The number of hydrogen-bond acceptors (Lipinski definition) is 8. The van der Waals surface area contributed by atoms with E-state index in [0.29, 0.717) is 42.3 Å². The quantitative estimate of drug-likeness (QED) is 0.708. The molecule has 25 heavy (non-hydrogen) atoms. The number of thiazole rings is 1. The highest BCUT2D eigenvalue weighted by molar-refractivity contribution is 7.21. The fourth-order valence-corrected chi connectivity index (χ4v) is 3.70. The number of fused-ring (bicyclic) bond motifs is 1. The van der Waals surface area contributed by atoms with Crippen molar-refractivity contribution in [2.45, 2.75) is 0 Å². The summed E-state index contributed by atoms with van der Waals surface area (Å²) in [6, 6.07) is 3.79. The number of carbonyl (C=O) groups is 1. The van der Waals surface area contributed by atoms with Crippen molar-refractivity contribution in [3.63, 3.8) is 0 Å². The number of carboxylic acid groups (broad SMARTS) is 1. The average Bonchev–Trinajstić information content (AvgIpc) is 3.05. The maximum Gasteiger partial charge on any atom is 0.407 e. The Bertz CT molecular complexity index is 922. The van der Waals surface area contributed by atoms with Gasteiger partial charge in [-0.2, -0.15) is 4.98 Å². The zero-order valence-electron chi connectivity index (χ0n) is 13.2. The predicted octanol–water partition coefficient (Wildman–Crippen LogP) is 1.53. The van der Waals surface area contributed by atoms with E-state index in [4.69, 9.17) is 10.8 Å². The number of nitrogens with two attached hydrogens (primary N) is 1. The molecule has 3 aromatic rings. The first-order valence-electron chi connectivity index (χ1n) is 7.69. The second-order valence-corrected chi connectivity index (χ2v) is 6.55. The molecule has 0 radical (unpaired) electrons. The fourth-order valence-electron chi connectivity index (χ4n) is 2.77. The second-order valence-electron chi connectivity index (χ2n) is 5.58. The van der Waals surface area contributed by atoms with Gasteiger partial charge in [0.15, 0.2) is 10.6 Å². The van der Waals surface area contributed by atoms with E-state index in [0.717, 1.165) is 10.6 Å². The minimum atomic E-state index is -0.903. The Morgan fingerprint density at radius 1 is 1.20 bits per heavy atom. The Morgan fingerprint density at radius 3 is 2.68 bits per heavy atom. The third-order valence-corrected chi connectivity index (χ3v) is 5.01. The number of nitrogen functional groups attached to an aromatic ring is 1. The molecule has 1 aliphatic rings. The largest absolute Gasteiger partial charge is 0.465 e. The number of aromatic nitrogens is 4. The summed E-state index contributed by atoms with van der Waals surface area (Å²) in [5.74, 6) is 0.837. The van der Waals surface area contributed by atoms with Crippen LogP contribution in [0.25, 0.3) is 20.9 Å². The van der Waals surface area contributed by atoms with Gasteiger partial charge in [0.1, 0.15) is 10.5 Å². The van der Waals surface area contributed by atoms with Crippen LogP contribution in [0, 0.1) is 0 Å². The molecule has 1 fully saturated rings. The summed E-state index contributed by atoms with van der Waals surface area (Å²) in [4.78, 5) is 32.6. The fraction of sp³-hybridized carbons (Fsp3) is 0.267. The van der Waals surface area contributed by atoms with Crippen LogP contribution in [0.3, 0.4) is 0 Å². The lowest BCUT2D eigenvalue weighted by molar-refractivity contribution is 0.142. The van der Waals surface area contributed by atoms with E-state index in [1.54, 1.807) is 12.4 Å². The van der Waals surface area contributed by atoms with E-state index < -0.39 is 6.09 Å². The minimum Gasteiger partial charge on any atom is -0.465 e. The van der Waals surface area contributed by atoms with Crippen molar-refractivity contribution in [1.82, 2.24) is 24.8 Å². The Labute approximate surface area is 146 Å². The average molecular weight is 357 g/mol. The van der Waals surface area contributed by atoms with Crippen molar-refractivity contribution in [2.75, 3.05) is 36.8 Å². The molecule has 1 aliphatic heterocycles. The summed E-state index contributed by atoms with van der Waals surface area (Å²) < 4.78 is 0. The minimum absolute atomic E-state index is 0.185.